The molecule has 18 heavy (non-hydrogen) atoms. The molecular weight excluding hydrogens is 270 g/mol. The van der Waals surface area contributed by atoms with Crippen molar-refractivity contribution in [3.63, 3.8) is 0 Å². The lowest BCUT2D eigenvalue weighted by Crippen LogP contribution is -2.26. The Labute approximate surface area is 117 Å². The molecule has 0 aliphatic rings. The minimum absolute atomic E-state index is 0.0854. The van der Waals surface area contributed by atoms with Crippen LogP contribution < -0.4 is 5.32 Å². The van der Waals surface area contributed by atoms with Crippen LogP contribution in [0.3, 0.4) is 0 Å². The van der Waals surface area contributed by atoms with Crippen LogP contribution in [0.25, 0.3) is 0 Å². The second kappa shape index (κ2) is 8.40. The summed E-state index contributed by atoms with van der Waals surface area (Å²) < 4.78 is 0. The molecule has 0 heterocycles. The number of hydrogen-bond acceptors (Lipinski definition) is 3. The van der Waals surface area contributed by atoms with Crippen LogP contribution in [-0.4, -0.2) is 35.7 Å². The van der Waals surface area contributed by atoms with E-state index in [4.69, 9.17) is 16.7 Å². The zero-order valence-corrected chi connectivity index (χ0v) is 12.0. The first kappa shape index (κ1) is 15.3. The molecule has 1 amide bonds. The van der Waals surface area contributed by atoms with Gasteiger partial charge in [-0.1, -0.05) is 17.7 Å². The molecular formula is C13H18ClNO2S. The number of amides is 1. The van der Waals surface area contributed by atoms with E-state index in [1.165, 1.54) is 0 Å². The van der Waals surface area contributed by atoms with E-state index in [1.807, 2.05) is 13.0 Å². The number of hydrogen-bond donors (Lipinski definition) is 2. The molecule has 0 aliphatic carbocycles. The second-order valence-electron chi connectivity index (χ2n) is 3.90. The summed E-state index contributed by atoms with van der Waals surface area (Å²) in [7, 11) is 0. The number of aliphatic hydroxyl groups is 1. The van der Waals surface area contributed by atoms with E-state index in [-0.39, 0.29) is 12.5 Å². The van der Waals surface area contributed by atoms with Crippen LogP contribution >= 0.6 is 23.4 Å². The van der Waals surface area contributed by atoms with Gasteiger partial charge in [-0.25, -0.2) is 0 Å². The molecule has 0 unspecified atom stereocenters. The Bertz CT molecular complexity index is 399. The minimum atomic E-state index is -0.0854. The first-order chi connectivity index (χ1) is 8.65. The van der Waals surface area contributed by atoms with Gasteiger partial charge in [0, 0.05) is 29.5 Å². The van der Waals surface area contributed by atoms with E-state index in [2.05, 4.69) is 5.32 Å². The first-order valence-electron chi connectivity index (χ1n) is 5.88. The highest BCUT2D eigenvalue weighted by Gasteiger charge is 2.08. The quantitative estimate of drug-likeness (QED) is 0.758. The molecule has 0 radical (unpaired) electrons. The van der Waals surface area contributed by atoms with Gasteiger partial charge in [-0.15, -0.1) is 0 Å². The van der Waals surface area contributed by atoms with Crippen molar-refractivity contribution in [2.24, 2.45) is 0 Å². The lowest BCUT2D eigenvalue weighted by Gasteiger charge is -2.08. The third-order valence-electron chi connectivity index (χ3n) is 2.42. The molecule has 2 N–H and O–H groups in total. The molecule has 0 bridgehead atoms. The molecule has 3 nitrogen and oxygen atoms in total. The van der Waals surface area contributed by atoms with Crippen molar-refractivity contribution >= 4 is 29.3 Å². The highest BCUT2D eigenvalue weighted by molar-refractivity contribution is 7.99. The van der Waals surface area contributed by atoms with E-state index in [0.717, 1.165) is 23.5 Å². The highest BCUT2D eigenvalue weighted by atomic mass is 35.5. The number of nitrogens with one attached hydrogen (secondary N) is 1. The Balaban J connectivity index is 2.34. The summed E-state index contributed by atoms with van der Waals surface area (Å²) in [5.74, 6) is 1.69. The third-order valence-corrected chi connectivity index (χ3v) is 3.73. The smallest absolute Gasteiger partial charge is 0.251 e. The van der Waals surface area contributed by atoms with Gasteiger partial charge in [-0.05, 0) is 36.8 Å². The largest absolute Gasteiger partial charge is 0.396 e. The van der Waals surface area contributed by atoms with Crippen LogP contribution in [0.2, 0.25) is 5.02 Å². The van der Waals surface area contributed by atoms with Crippen LogP contribution in [0.4, 0.5) is 0 Å². The van der Waals surface area contributed by atoms with Crippen LogP contribution in [0.1, 0.15) is 22.3 Å². The Morgan fingerprint density at radius 2 is 2.22 bits per heavy atom. The fourth-order valence-electron chi connectivity index (χ4n) is 1.44. The van der Waals surface area contributed by atoms with Gasteiger partial charge in [0.2, 0.25) is 0 Å². The minimum Gasteiger partial charge on any atom is -0.396 e. The van der Waals surface area contributed by atoms with Crippen molar-refractivity contribution in [1.29, 1.82) is 0 Å². The van der Waals surface area contributed by atoms with Crippen molar-refractivity contribution in [3.05, 3.63) is 34.3 Å². The van der Waals surface area contributed by atoms with Crippen molar-refractivity contribution in [1.82, 2.24) is 5.32 Å². The monoisotopic (exact) mass is 287 g/mol. The van der Waals surface area contributed by atoms with Gasteiger partial charge in [0.25, 0.3) is 5.91 Å². The second-order valence-corrected chi connectivity index (χ2v) is 5.57. The zero-order valence-electron chi connectivity index (χ0n) is 10.4. The number of aryl methyl sites for hydroxylation is 1. The van der Waals surface area contributed by atoms with Crippen molar-refractivity contribution in [3.8, 4) is 0 Å². The fourth-order valence-corrected chi connectivity index (χ4v) is 2.40. The number of carbonyl (C=O) groups excluding carboxylic acids is 1. The van der Waals surface area contributed by atoms with Gasteiger partial charge in [-0.3, -0.25) is 4.79 Å². The Morgan fingerprint density at radius 1 is 1.44 bits per heavy atom. The highest BCUT2D eigenvalue weighted by Crippen LogP contribution is 2.15. The zero-order chi connectivity index (χ0) is 13.4. The molecule has 0 saturated carbocycles. The lowest BCUT2D eigenvalue weighted by molar-refractivity contribution is 0.0955. The van der Waals surface area contributed by atoms with Gasteiger partial charge < -0.3 is 10.4 Å². The number of carbonyl (C=O) groups is 1. The maximum absolute atomic E-state index is 11.9. The molecule has 0 saturated heterocycles. The van der Waals surface area contributed by atoms with Gasteiger partial charge in [0.1, 0.15) is 0 Å². The van der Waals surface area contributed by atoms with E-state index in [9.17, 15) is 4.79 Å². The summed E-state index contributed by atoms with van der Waals surface area (Å²) in [6, 6.07) is 5.30. The van der Waals surface area contributed by atoms with E-state index < -0.39 is 0 Å². The topological polar surface area (TPSA) is 49.3 Å². The molecule has 0 atom stereocenters. The van der Waals surface area contributed by atoms with Crippen molar-refractivity contribution in [2.45, 2.75) is 13.3 Å². The van der Waals surface area contributed by atoms with Crippen molar-refractivity contribution in [2.75, 3.05) is 24.7 Å². The normalized spacial score (nSPS) is 10.4. The lowest BCUT2D eigenvalue weighted by atomic mass is 10.1. The van der Waals surface area contributed by atoms with Gasteiger partial charge in [0.05, 0.1) is 0 Å². The molecule has 0 aliphatic heterocycles. The molecule has 5 heteroatoms. The third kappa shape index (κ3) is 5.29. The van der Waals surface area contributed by atoms with Gasteiger partial charge in [-0.2, -0.15) is 11.8 Å². The molecule has 1 aromatic carbocycles. The maximum atomic E-state index is 11.9. The number of benzene rings is 1. The Kier molecular flexibility index (Phi) is 7.16. The average molecular weight is 288 g/mol. The average Bonchev–Trinajstić information content (AvgIpc) is 2.36. The summed E-state index contributed by atoms with van der Waals surface area (Å²) in [6.07, 6.45) is 0.798. The predicted molar refractivity (Wildman–Crippen MR) is 77.6 cm³/mol. The molecule has 1 rings (SSSR count). The number of rotatable bonds is 7. The molecule has 1 aromatic rings. The molecule has 0 aromatic heterocycles. The van der Waals surface area contributed by atoms with Crippen LogP contribution in [0.15, 0.2) is 18.2 Å². The Morgan fingerprint density at radius 3 is 2.94 bits per heavy atom. The Hall–Kier alpha value is -0.710. The summed E-state index contributed by atoms with van der Waals surface area (Å²) in [4.78, 5) is 11.9. The molecule has 100 valence electrons. The van der Waals surface area contributed by atoms with Crippen LogP contribution in [-0.2, 0) is 0 Å². The summed E-state index contributed by atoms with van der Waals surface area (Å²) in [5.41, 5.74) is 1.55. The van der Waals surface area contributed by atoms with Crippen LogP contribution in [0.5, 0.6) is 0 Å². The standard InChI is InChI=1S/C13H18ClNO2S/c1-10-3-4-11(14)9-12(10)13(17)15-5-8-18-7-2-6-16/h3-4,9,16H,2,5-8H2,1H3,(H,15,17). The fraction of sp³-hybridized carbons (Fsp3) is 0.462. The number of aliphatic hydroxyl groups excluding tert-OH is 1. The number of halogens is 1. The first-order valence-corrected chi connectivity index (χ1v) is 7.41. The molecule has 0 spiro atoms. The number of thioether (sulfide) groups is 1. The summed E-state index contributed by atoms with van der Waals surface area (Å²) in [5, 5.41) is 12.1. The van der Waals surface area contributed by atoms with E-state index >= 15 is 0 Å². The van der Waals surface area contributed by atoms with E-state index in [1.54, 1.807) is 23.9 Å². The van der Waals surface area contributed by atoms with Gasteiger partial charge in [0.15, 0.2) is 0 Å². The maximum Gasteiger partial charge on any atom is 0.251 e. The summed E-state index contributed by atoms with van der Waals surface area (Å²) >= 11 is 7.59. The van der Waals surface area contributed by atoms with Crippen molar-refractivity contribution < 1.29 is 9.90 Å². The van der Waals surface area contributed by atoms with Crippen LogP contribution in [0, 0.1) is 6.92 Å². The molecule has 0 fully saturated rings. The van der Waals surface area contributed by atoms with E-state index in [0.29, 0.717) is 17.1 Å². The summed E-state index contributed by atoms with van der Waals surface area (Å²) in [6.45, 7) is 2.74. The SMILES string of the molecule is Cc1ccc(Cl)cc1C(=O)NCCSCCCO. The predicted octanol–water partition coefficient (Wildman–Crippen LogP) is 2.49. The van der Waals surface area contributed by atoms with Gasteiger partial charge >= 0.3 is 0 Å².